The van der Waals surface area contributed by atoms with E-state index in [0.29, 0.717) is 17.7 Å². The van der Waals surface area contributed by atoms with E-state index in [1.54, 1.807) is 29.2 Å². The van der Waals surface area contributed by atoms with Gasteiger partial charge < -0.3 is 15.0 Å². The molecule has 0 aromatic heterocycles. The van der Waals surface area contributed by atoms with Gasteiger partial charge in [0, 0.05) is 24.1 Å². The predicted octanol–water partition coefficient (Wildman–Crippen LogP) is 0.394. The second-order valence-electron chi connectivity index (χ2n) is 8.41. The highest BCUT2D eigenvalue weighted by Crippen LogP contribution is 2.41. The molecule has 2 atom stereocenters. The van der Waals surface area contributed by atoms with E-state index < -0.39 is 27.3 Å². The molecule has 1 aromatic carbocycles. The lowest BCUT2D eigenvalue weighted by atomic mass is 9.84. The maximum Gasteiger partial charge on any atom is 0.325 e. The Kier molecular flexibility index (Phi) is 4.32. The van der Waals surface area contributed by atoms with Crippen molar-refractivity contribution in [2.75, 3.05) is 24.7 Å². The molecule has 160 valence electrons. The Hall–Kier alpha value is -2.62. The normalized spacial score (nSPS) is 29.5. The van der Waals surface area contributed by atoms with Crippen LogP contribution in [0.1, 0.15) is 31.2 Å². The van der Waals surface area contributed by atoms with Crippen molar-refractivity contribution in [2.45, 2.75) is 43.3 Å². The summed E-state index contributed by atoms with van der Waals surface area (Å²) < 4.78 is 29.4. The number of rotatable bonds is 4. The topological polar surface area (TPSA) is 113 Å². The Morgan fingerprint density at radius 1 is 1.20 bits per heavy atom. The third-order valence-electron chi connectivity index (χ3n) is 6.38. The van der Waals surface area contributed by atoms with E-state index in [9.17, 15) is 22.8 Å². The van der Waals surface area contributed by atoms with E-state index in [-0.39, 0.29) is 49.1 Å². The second-order valence-corrected chi connectivity index (χ2v) is 10.6. The molecule has 9 nitrogen and oxygen atoms in total. The first kappa shape index (κ1) is 19.3. The van der Waals surface area contributed by atoms with Gasteiger partial charge in [-0.3, -0.25) is 14.5 Å². The van der Waals surface area contributed by atoms with Crippen molar-refractivity contribution in [3.63, 3.8) is 0 Å². The van der Waals surface area contributed by atoms with Gasteiger partial charge in [0.2, 0.25) is 5.91 Å². The Morgan fingerprint density at radius 2 is 1.97 bits per heavy atom. The van der Waals surface area contributed by atoms with E-state index in [1.807, 2.05) is 0 Å². The van der Waals surface area contributed by atoms with Crippen LogP contribution in [0.4, 0.5) is 4.79 Å². The van der Waals surface area contributed by atoms with Crippen molar-refractivity contribution in [1.29, 1.82) is 0 Å². The molecule has 0 radical (unpaired) electrons. The van der Waals surface area contributed by atoms with Crippen molar-refractivity contribution in [1.82, 2.24) is 15.1 Å². The van der Waals surface area contributed by atoms with Gasteiger partial charge in [0.25, 0.3) is 5.91 Å². The number of fused-ring (bicyclic) bond motifs is 2. The van der Waals surface area contributed by atoms with Crippen LogP contribution in [0, 0.1) is 0 Å². The van der Waals surface area contributed by atoms with Crippen molar-refractivity contribution in [2.24, 2.45) is 0 Å². The summed E-state index contributed by atoms with van der Waals surface area (Å²) in [6.45, 7) is -0.110. The van der Waals surface area contributed by atoms with Crippen molar-refractivity contribution in [3.05, 3.63) is 29.8 Å². The first-order chi connectivity index (χ1) is 14.3. The number of nitrogens with zero attached hydrogens (tertiary/aromatic N) is 2. The van der Waals surface area contributed by atoms with Gasteiger partial charge in [0.05, 0.1) is 18.1 Å². The molecule has 10 heteroatoms. The number of para-hydroxylation sites is 1. The van der Waals surface area contributed by atoms with Gasteiger partial charge in [-0.05, 0) is 25.3 Å². The van der Waals surface area contributed by atoms with Crippen LogP contribution in [-0.2, 0) is 25.0 Å². The van der Waals surface area contributed by atoms with E-state index in [4.69, 9.17) is 4.74 Å². The third-order valence-corrected chi connectivity index (χ3v) is 8.13. The molecule has 2 saturated heterocycles. The summed E-state index contributed by atoms with van der Waals surface area (Å²) in [5.41, 5.74) is -0.640. The molecule has 30 heavy (non-hydrogen) atoms. The smallest absolute Gasteiger partial charge is 0.325 e. The number of sulfone groups is 1. The monoisotopic (exact) mass is 433 g/mol. The van der Waals surface area contributed by atoms with Crippen molar-refractivity contribution < 1.29 is 27.5 Å². The molecule has 1 saturated carbocycles. The highest BCUT2D eigenvalue weighted by Gasteiger charge is 2.55. The van der Waals surface area contributed by atoms with Gasteiger partial charge in [-0.1, -0.05) is 18.2 Å². The summed E-state index contributed by atoms with van der Waals surface area (Å²) in [7, 11) is -3.15. The maximum absolute atomic E-state index is 13.3. The number of urea groups is 1. The van der Waals surface area contributed by atoms with Crippen molar-refractivity contribution in [3.8, 4) is 5.75 Å². The van der Waals surface area contributed by atoms with Crippen LogP contribution in [0.2, 0.25) is 0 Å². The minimum absolute atomic E-state index is 0.00525. The van der Waals surface area contributed by atoms with E-state index >= 15 is 0 Å². The average molecular weight is 433 g/mol. The molecule has 3 heterocycles. The van der Waals surface area contributed by atoms with E-state index in [0.717, 1.165) is 17.7 Å². The lowest BCUT2D eigenvalue weighted by Gasteiger charge is -2.33. The molecule has 1 spiro atoms. The number of nitrogens with one attached hydrogen (secondary N) is 1. The first-order valence-electron chi connectivity index (χ1n) is 10.2. The molecule has 3 aliphatic heterocycles. The van der Waals surface area contributed by atoms with Crippen LogP contribution < -0.4 is 10.1 Å². The number of ether oxygens (including phenoxy) is 1. The number of carbonyl (C=O) groups is 3. The Balaban J connectivity index is 1.39. The van der Waals surface area contributed by atoms with Gasteiger partial charge in [0.1, 0.15) is 12.3 Å². The van der Waals surface area contributed by atoms with Crippen LogP contribution in [0.3, 0.4) is 0 Å². The summed E-state index contributed by atoms with van der Waals surface area (Å²) in [4.78, 5) is 41.8. The number of imide groups is 1. The largest absolute Gasteiger partial charge is 0.493 e. The number of amides is 4. The van der Waals surface area contributed by atoms with Gasteiger partial charge in [-0.2, -0.15) is 0 Å². The van der Waals surface area contributed by atoms with Crippen LogP contribution in [0.15, 0.2) is 24.3 Å². The molecular weight excluding hydrogens is 410 g/mol. The Labute approximate surface area is 174 Å². The Bertz CT molecular complexity index is 1040. The molecule has 1 N–H and O–H groups in total. The number of benzene rings is 1. The molecule has 4 amide bonds. The second kappa shape index (κ2) is 6.69. The fourth-order valence-corrected chi connectivity index (χ4v) is 6.50. The molecular formula is C20H23N3O6S. The number of carbonyl (C=O) groups excluding carboxylic acids is 3. The molecule has 1 aliphatic carbocycles. The molecule has 0 unspecified atom stereocenters. The van der Waals surface area contributed by atoms with Gasteiger partial charge >= 0.3 is 6.03 Å². The molecule has 3 fully saturated rings. The Morgan fingerprint density at radius 3 is 2.67 bits per heavy atom. The predicted molar refractivity (Wildman–Crippen MR) is 105 cm³/mol. The summed E-state index contributed by atoms with van der Waals surface area (Å²) in [6.07, 6.45) is 2.32. The van der Waals surface area contributed by atoms with Gasteiger partial charge in [-0.25, -0.2) is 13.2 Å². The van der Waals surface area contributed by atoms with Gasteiger partial charge in [-0.15, -0.1) is 0 Å². The van der Waals surface area contributed by atoms with E-state index in [1.165, 1.54) is 0 Å². The van der Waals surface area contributed by atoms with Crippen LogP contribution in [0.5, 0.6) is 5.75 Å². The van der Waals surface area contributed by atoms with Gasteiger partial charge in [0.15, 0.2) is 15.4 Å². The third kappa shape index (κ3) is 3.05. The van der Waals surface area contributed by atoms with Crippen molar-refractivity contribution >= 4 is 27.7 Å². The highest BCUT2D eigenvalue weighted by molar-refractivity contribution is 7.91. The summed E-state index contributed by atoms with van der Waals surface area (Å²) in [5.74, 6) is -0.283. The van der Waals surface area contributed by atoms with Crippen LogP contribution in [0.25, 0.3) is 0 Å². The average Bonchev–Trinajstić information content (AvgIpc) is 3.43. The minimum atomic E-state index is -3.15. The summed E-state index contributed by atoms with van der Waals surface area (Å²) >= 11 is 0. The fourth-order valence-electron chi connectivity index (χ4n) is 4.79. The molecule has 5 rings (SSSR count). The quantitative estimate of drug-likeness (QED) is 0.688. The molecule has 0 bridgehead atoms. The highest BCUT2D eigenvalue weighted by atomic mass is 32.2. The minimum Gasteiger partial charge on any atom is -0.493 e. The zero-order valence-electron chi connectivity index (χ0n) is 16.4. The standard InChI is InChI=1S/C20H23N3O6S/c24-17(23(13-5-6-13)14-7-10-30(27,28)12-14)11-22-18(25)20(21-19(22)26)8-9-29-16-4-2-1-3-15(16)20/h1-4,13-14H,5-12H2,(H,21,26)/t14-,20-/m0/s1. The molecule has 1 aromatic rings. The lowest BCUT2D eigenvalue weighted by Crippen LogP contribution is -2.50. The number of hydrogen-bond acceptors (Lipinski definition) is 6. The fraction of sp³-hybridized carbons (Fsp3) is 0.550. The summed E-state index contributed by atoms with van der Waals surface area (Å²) in [5, 5.41) is 2.79. The van der Waals surface area contributed by atoms with Crippen LogP contribution >= 0.6 is 0 Å². The first-order valence-corrected chi connectivity index (χ1v) is 12.0. The van der Waals surface area contributed by atoms with Crippen LogP contribution in [-0.4, -0.2) is 72.8 Å². The SMILES string of the molecule is O=C1N[C@]2(CCOc3ccccc32)C(=O)N1CC(=O)N(C1CC1)[C@H]1CCS(=O)(=O)C1. The van der Waals surface area contributed by atoms with E-state index in [2.05, 4.69) is 5.32 Å². The zero-order chi connectivity index (χ0) is 21.1. The number of hydrogen-bond donors (Lipinski definition) is 1. The maximum atomic E-state index is 13.3. The lowest BCUT2D eigenvalue weighted by molar-refractivity contribution is -0.141. The summed E-state index contributed by atoms with van der Waals surface area (Å²) in [6, 6.07) is 6.07. The zero-order valence-corrected chi connectivity index (χ0v) is 17.2. The molecule has 4 aliphatic rings.